The molecular weight excluding hydrogens is 200 g/mol. The first-order chi connectivity index (χ1) is 7.74. The minimum absolute atomic E-state index is 0.454. The quantitative estimate of drug-likeness (QED) is 0.849. The van der Waals surface area contributed by atoms with Crippen molar-refractivity contribution in [3.05, 3.63) is 24.2 Å². The second kappa shape index (κ2) is 5.51. The lowest BCUT2D eigenvalue weighted by Gasteiger charge is -2.29. The van der Waals surface area contributed by atoms with Crippen LogP contribution in [-0.2, 0) is 6.54 Å². The van der Waals surface area contributed by atoms with Crippen LogP contribution in [0.25, 0.3) is 0 Å². The van der Waals surface area contributed by atoms with Gasteiger partial charge in [-0.05, 0) is 44.7 Å². The molecule has 0 saturated heterocycles. The largest absolute Gasteiger partial charge is 0.472 e. The van der Waals surface area contributed by atoms with Crippen LogP contribution < -0.4 is 5.73 Å². The van der Waals surface area contributed by atoms with Gasteiger partial charge in [0.25, 0.3) is 0 Å². The molecule has 0 bridgehead atoms. The van der Waals surface area contributed by atoms with E-state index >= 15 is 0 Å². The van der Waals surface area contributed by atoms with Crippen molar-refractivity contribution in [2.75, 3.05) is 13.6 Å². The summed E-state index contributed by atoms with van der Waals surface area (Å²) in [4.78, 5) is 2.38. The molecule has 0 radical (unpaired) electrons. The zero-order valence-electron chi connectivity index (χ0n) is 10.1. The molecule has 1 fully saturated rings. The molecule has 1 saturated carbocycles. The molecule has 1 aliphatic rings. The van der Waals surface area contributed by atoms with Crippen molar-refractivity contribution in [3.8, 4) is 0 Å². The molecule has 0 atom stereocenters. The highest BCUT2D eigenvalue weighted by atomic mass is 16.3. The number of hydrogen-bond acceptors (Lipinski definition) is 3. The standard InChI is InChI=1S/C13H22N2O/c1-15(9-12-6-7-16-10-12)8-11-2-4-13(14)5-3-11/h6-7,10-11,13H,2-5,8-9,14H2,1H3. The fourth-order valence-electron chi connectivity index (χ4n) is 2.57. The second-order valence-electron chi connectivity index (χ2n) is 5.11. The lowest BCUT2D eigenvalue weighted by molar-refractivity contribution is 0.218. The SMILES string of the molecule is CN(Cc1ccoc1)CC1CCC(N)CC1. The normalized spacial score (nSPS) is 26.2. The van der Waals surface area contributed by atoms with Crippen molar-refractivity contribution >= 4 is 0 Å². The molecular formula is C13H22N2O. The molecule has 0 unspecified atom stereocenters. The Morgan fingerprint density at radius 3 is 2.75 bits per heavy atom. The van der Waals surface area contributed by atoms with E-state index in [-0.39, 0.29) is 0 Å². The van der Waals surface area contributed by atoms with Gasteiger partial charge in [-0.25, -0.2) is 0 Å². The van der Waals surface area contributed by atoms with Gasteiger partial charge >= 0.3 is 0 Å². The minimum atomic E-state index is 0.454. The fourth-order valence-corrected chi connectivity index (χ4v) is 2.57. The third kappa shape index (κ3) is 3.35. The summed E-state index contributed by atoms with van der Waals surface area (Å²) in [6.45, 7) is 2.16. The zero-order valence-corrected chi connectivity index (χ0v) is 10.1. The molecule has 0 spiro atoms. The van der Waals surface area contributed by atoms with Crippen LogP contribution in [0.15, 0.2) is 23.0 Å². The average molecular weight is 222 g/mol. The lowest BCUT2D eigenvalue weighted by atomic mass is 9.86. The molecule has 1 aromatic heterocycles. The van der Waals surface area contributed by atoms with Gasteiger partial charge in [-0.3, -0.25) is 0 Å². The summed E-state index contributed by atoms with van der Waals surface area (Å²) in [5.74, 6) is 0.830. The van der Waals surface area contributed by atoms with Crippen LogP contribution in [0.4, 0.5) is 0 Å². The van der Waals surface area contributed by atoms with E-state index < -0.39 is 0 Å². The molecule has 16 heavy (non-hydrogen) atoms. The highest BCUT2D eigenvalue weighted by Gasteiger charge is 2.19. The van der Waals surface area contributed by atoms with Crippen LogP contribution in [0.2, 0.25) is 0 Å². The number of hydrogen-bond donors (Lipinski definition) is 1. The Balaban J connectivity index is 1.72. The maximum atomic E-state index is 5.91. The van der Waals surface area contributed by atoms with Gasteiger partial charge < -0.3 is 15.1 Å². The summed E-state index contributed by atoms with van der Waals surface area (Å²) >= 11 is 0. The molecule has 0 aromatic carbocycles. The Hall–Kier alpha value is -0.800. The Bertz CT molecular complexity index is 289. The Morgan fingerprint density at radius 2 is 2.12 bits per heavy atom. The average Bonchev–Trinajstić information content (AvgIpc) is 2.74. The Labute approximate surface area is 97.6 Å². The third-order valence-electron chi connectivity index (χ3n) is 3.49. The number of furan rings is 1. The smallest absolute Gasteiger partial charge is 0.0947 e. The van der Waals surface area contributed by atoms with Gasteiger partial charge in [-0.1, -0.05) is 0 Å². The van der Waals surface area contributed by atoms with E-state index in [2.05, 4.69) is 11.9 Å². The van der Waals surface area contributed by atoms with Crippen molar-refractivity contribution in [2.45, 2.75) is 38.3 Å². The van der Waals surface area contributed by atoms with Crippen LogP contribution in [0.1, 0.15) is 31.2 Å². The summed E-state index contributed by atoms with van der Waals surface area (Å²) in [5.41, 5.74) is 7.17. The number of nitrogens with zero attached hydrogens (tertiary/aromatic N) is 1. The van der Waals surface area contributed by atoms with E-state index in [1.807, 2.05) is 12.3 Å². The van der Waals surface area contributed by atoms with E-state index in [1.54, 1.807) is 6.26 Å². The van der Waals surface area contributed by atoms with E-state index in [9.17, 15) is 0 Å². The van der Waals surface area contributed by atoms with Crippen molar-refractivity contribution in [2.24, 2.45) is 11.7 Å². The van der Waals surface area contributed by atoms with Gasteiger partial charge in [0, 0.05) is 24.7 Å². The maximum Gasteiger partial charge on any atom is 0.0947 e. The number of nitrogens with two attached hydrogens (primary N) is 1. The van der Waals surface area contributed by atoms with E-state index in [0.29, 0.717) is 6.04 Å². The van der Waals surface area contributed by atoms with Gasteiger partial charge in [-0.2, -0.15) is 0 Å². The Kier molecular flexibility index (Phi) is 4.02. The molecule has 2 rings (SSSR count). The van der Waals surface area contributed by atoms with Gasteiger partial charge in [-0.15, -0.1) is 0 Å². The van der Waals surface area contributed by atoms with Crippen LogP contribution in [0, 0.1) is 5.92 Å². The first kappa shape index (κ1) is 11.7. The summed E-state index contributed by atoms with van der Waals surface area (Å²) < 4.78 is 5.08. The number of rotatable bonds is 4. The van der Waals surface area contributed by atoms with E-state index in [4.69, 9.17) is 10.2 Å². The van der Waals surface area contributed by atoms with Crippen molar-refractivity contribution in [1.29, 1.82) is 0 Å². The van der Waals surface area contributed by atoms with Gasteiger partial charge in [0.2, 0.25) is 0 Å². The summed E-state index contributed by atoms with van der Waals surface area (Å²) in [5, 5.41) is 0. The topological polar surface area (TPSA) is 42.4 Å². The molecule has 1 aliphatic carbocycles. The van der Waals surface area contributed by atoms with Gasteiger partial charge in [0.15, 0.2) is 0 Å². The van der Waals surface area contributed by atoms with Crippen LogP contribution in [0.5, 0.6) is 0 Å². The zero-order chi connectivity index (χ0) is 11.4. The molecule has 0 aliphatic heterocycles. The lowest BCUT2D eigenvalue weighted by Crippen LogP contribution is -2.32. The highest BCUT2D eigenvalue weighted by Crippen LogP contribution is 2.24. The molecule has 90 valence electrons. The van der Waals surface area contributed by atoms with E-state index in [1.165, 1.54) is 37.8 Å². The molecule has 1 heterocycles. The summed E-state index contributed by atoms with van der Waals surface area (Å²) in [6.07, 6.45) is 8.54. The molecule has 3 nitrogen and oxygen atoms in total. The molecule has 0 amide bonds. The van der Waals surface area contributed by atoms with Crippen LogP contribution in [0.3, 0.4) is 0 Å². The second-order valence-corrected chi connectivity index (χ2v) is 5.11. The third-order valence-corrected chi connectivity index (χ3v) is 3.49. The Morgan fingerprint density at radius 1 is 1.38 bits per heavy atom. The molecule has 1 aromatic rings. The summed E-state index contributed by atoms with van der Waals surface area (Å²) in [7, 11) is 2.18. The first-order valence-electron chi connectivity index (χ1n) is 6.19. The van der Waals surface area contributed by atoms with Gasteiger partial charge in [0.05, 0.1) is 12.5 Å². The monoisotopic (exact) mass is 222 g/mol. The predicted octanol–water partition coefficient (Wildman–Crippen LogP) is 2.23. The maximum absolute atomic E-state index is 5.91. The highest BCUT2D eigenvalue weighted by molar-refractivity contribution is 5.04. The predicted molar refractivity (Wildman–Crippen MR) is 65.0 cm³/mol. The van der Waals surface area contributed by atoms with Crippen LogP contribution in [-0.4, -0.2) is 24.5 Å². The minimum Gasteiger partial charge on any atom is -0.472 e. The molecule has 2 N–H and O–H groups in total. The van der Waals surface area contributed by atoms with E-state index in [0.717, 1.165) is 12.5 Å². The first-order valence-corrected chi connectivity index (χ1v) is 6.19. The van der Waals surface area contributed by atoms with Crippen molar-refractivity contribution in [1.82, 2.24) is 4.90 Å². The molecule has 3 heteroatoms. The van der Waals surface area contributed by atoms with Crippen LogP contribution >= 0.6 is 0 Å². The van der Waals surface area contributed by atoms with Gasteiger partial charge in [0.1, 0.15) is 0 Å². The van der Waals surface area contributed by atoms with Crippen molar-refractivity contribution < 1.29 is 4.42 Å². The summed E-state index contributed by atoms with van der Waals surface area (Å²) in [6, 6.07) is 2.49. The van der Waals surface area contributed by atoms with Crippen molar-refractivity contribution in [3.63, 3.8) is 0 Å². The fraction of sp³-hybridized carbons (Fsp3) is 0.692.